The summed E-state index contributed by atoms with van der Waals surface area (Å²) in [4.78, 5) is 0. The Bertz CT molecular complexity index is 726. The van der Waals surface area contributed by atoms with E-state index in [0.29, 0.717) is 29.1 Å². The predicted molar refractivity (Wildman–Crippen MR) is 114 cm³/mol. The number of halogens is 1. The van der Waals surface area contributed by atoms with E-state index < -0.39 is 0 Å². The molecule has 2 aliphatic heterocycles. The van der Waals surface area contributed by atoms with E-state index in [9.17, 15) is 0 Å². The molecule has 27 heavy (non-hydrogen) atoms. The van der Waals surface area contributed by atoms with Crippen LogP contribution >= 0.6 is 23.8 Å². The van der Waals surface area contributed by atoms with E-state index in [1.165, 1.54) is 0 Å². The zero-order valence-corrected chi connectivity index (χ0v) is 17.9. The Hall–Kier alpha value is -1.30. The van der Waals surface area contributed by atoms with Gasteiger partial charge in [-0.15, -0.1) is 6.58 Å². The average Bonchev–Trinajstić information content (AvgIpc) is 3.12. The van der Waals surface area contributed by atoms with Gasteiger partial charge in [-0.25, -0.2) is 0 Å². The second kappa shape index (κ2) is 7.98. The summed E-state index contributed by atoms with van der Waals surface area (Å²) in [6.45, 7) is 11.4. The normalized spacial score (nSPS) is 29.0. The van der Waals surface area contributed by atoms with Gasteiger partial charge in [0.05, 0.1) is 5.60 Å². The lowest BCUT2D eigenvalue weighted by molar-refractivity contribution is -0.0770. The third-order valence-electron chi connectivity index (χ3n) is 5.92. The Labute approximate surface area is 172 Å². The highest BCUT2D eigenvalue weighted by molar-refractivity contribution is 7.80. The number of nitrogens with one attached hydrogen (secondary N) is 2. The number of hydrogen-bond donors (Lipinski definition) is 2. The van der Waals surface area contributed by atoms with E-state index in [-0.39, 0.29) is 17.3 Å². The highest BCUT2D eigenvalue weighted by atomic mass is 35.5. The predicted octanol–water partition coefficient (Wildman–Crippen LogP) is 4.61. The molecule has 2 N–H and O–H groups in total. The summed E-state index contributed by atoms with van der Waals surface area (Å²) >= 11 is 11.7. The second-order valence-corrected chi connectivity index (χ2v) is 8.83. The van der Waals surface area contributed by atoms with Gasteiger partial charge in [0.1, 0.15) is 17.5 Å². The van der Waals surface area contributed by atoms with Crippen molar-refractivity contribution >= 4 is 28.9 Å². The SMILES string of the molecule is C=CCNC(=S)NCc1c(Cl)cccc1OC1CC2(C(C)C)CCC1(C)O2. The lowest BCUT2D eigenvalue weighted by Crippen LogP contribution is -2.41. The second-order valence-electron chi connectivity index (χ2n) is 8.01. The van der Waals surface area contributed by atoms with Crippen LogP contribution in [0.1, 0.15) is 45.6 Å². The molecule has 0 spiro atoms. The van der Waals surface area contributed by atoms with Crippen LogP contribution in [0, 0.1) is 5.92 Å². The Morgan fingerprint density at radius 2 is 2.22 bits per heavy atom. The van der Waals surface area contributed by atoms with Gasteiger partial charge in [0.15, 0.2) is 5.11 Å². The van der Waals surface area contributed by atoms with E-state index in [0.717, 1.165) is 30.6 Å². The Morgan fingerprint density at radius 1 is 1.44 bits per heavy atom. The molecule has 2 bridgehead atoms. The number of fused-ring (bicyclic) bond motifs is 2. The standard InChI is InChI=1S/C21H29ClN2O2S/c1-5-11-23-19(27)24-13-15-16(22)7-6-8-17(15)25-18-12-21(14(2)3)10-9-20(18,4)26-21/h5-8,14,18H,1,9-13H2,2-4H3,(H2,23,24,27). The van der Waals surface area contributed by atoms with Crippen molar-refractivity contribution in [2.24, 2.45) is 5.92 Å². The van der Waals surface area contributed by atoms with Crippen molar-refractivity contribution < 1.29 is 9.47 Å². The first kappa shape index (κ1) is 20.4. The van der Waals surface area contributed by atoms with E-state index in [1.807, 2.05) is 18.2 Å². The number of rotatable bonds is 7. The van der Waals surface area contributed by atoms with E-state index in [1.54, 1.807) is 6.08 Å². The van der Waals surface area contributed by atoms with Crippen molar-refractivity contribution in [1.82, 2.24) is 10.6 Å². The molecule has 0 saturated carbocycles. The van der Waals surface area contributed by atoms with Gasteiger partial charge < -0.3 is 20.1 Å². The molecule has 148 valence electrons. The van der Waals surface area contributed by atoms with Gasteiger partial charge in [0, 0.05) is 30.1 Å². The Kier molecular flexibility index (Phi) is 6.04. The summed E-state index contributed by atoms with van der Waals surface area (Å²) in [7, 11) is 0. The maximum Gasteiger partial charge on any atom is 0.166 e. The summed E-state index contributed by atoms with van der Waals surface area (Å²) in [5.74, 6) is 1.27. The molecule has 0 aromatic heterocycles. The molecule has 2 saturated heterocycles. The van der Waals surface area contributed by atoms with Crippen molar-refractivity contribution in [2.75, 3.05) is 6.54 Å². The molecular formula is C21H29ClN2O2S. The zero-order valence-electron chi connectivity index (χ0n) is 16.3. The lowest BCUT2D eigenvalue weighted by atomic mass is 9.75. The van der Waals surface area contributed by atoms with E-state index in [4.69, 9.17) is 33.3 Å². The fourth-order valence-corrected chi connectivity index (χ4v) is 4.49. The summed E-state index contributed by atoms with van der Waals surface area (Å²) in [5, 5.41) is 7.47. The average molecular weight is 409 g/mol. The van der Waals surface area contributed by atoms with Gasteiger partial charge in [-0.2, -0.15) is 0 Å². The number of thiocarbonyl (C=S) groups is 1. The van der Waals surface area contributed by atoms with Crippen LogP contribution in [0.3, 0.4) is 0 Å². The third kappa shape index (κ3) is 4.10. The van der Waals surface area contributed by atoms with Crippen LogP contribution in [0.15, 0.2) is 30.9 Å². The molecule has 3 rings (SSSR count). The molecule has 2 heterocycles. The van der Waals surface area contributed by atoms with Crippen molar-refractivity contribution in [1.29, 1.82) is 0 Å². The van der Waals surface area contributed by atoms with Crippen molar-refractivity contribution in [2.45, 2.75) is 63.9 Å². The molecule has 1 aromatic carbocycles. The molecule has 6 heteroatoms. The lowest BCUT2D eigenvalue weighted by Gasteiger charge is -2.32. The maximum absolute atomic E-state index is 6.49. The minimum Gasteiger partial charge on any atom is -0.487 e. The van der Waals surface area contributed by atoms with Crippen molar-refractivity contribution in [3.63, 3.8) is 0 Å². The smallest absolute Gasteiger partial charge is 0.166 e. The third-order valence-corrected chi connectivity index (χ3v) is 6.57. The van der Waals surface area contributed by atoms with Crippen LogP contribution in [0.2, 0.25) is 5.02 Å². The zero-order chi connectivity index (χ0) is 19.7. The Balaban J connectivity index is 1.73. The van der Waals surface area contributed by atoms with Gasteiger partial charge in [0.2, 0.25) is 0 Å². The van der Waals surface area contributed by atoms with E-state index >= 15 is 0 Å². The summed E-state index contributed by atoms with van der Waals surface area (Å²) < 4.78 is 13.0. The maximum atomic E-state index is 6.49. The molecule has 4 nitrogen and oxygen atoms in total. The van der Waals surface area contributed by atoms with Crippen LogP contribution < -0.4 is 15.4 Å². The molecule has 0 radical (unpaired) electrons. The quantitative estimate of drug-likeness (QED) is 0.509. The van der Waals surface area contributed by atoms with Gasteiger partial charge in [-0.3, -0.25) is 0 Å². The molecule has 2 aliphatic rings. The van der Waals surface area contributed by atoms with Crippen LogP contribution in [-0.2, 0) is 11.3 Å². The van der Waals surface area contributed by atoms with Gasteiger partial charge in [0.25, 0.3) is 0 Å². The first-order valence-electron chi connectivity index (χ1n) is 9.56. The first-order valence-corrected chi connectivity index (χ1v) is 10.3. The summed E-state index contributed by atoms with van der Waals surface area (Å²) in [6.07, 6.45) is 4.84. The van der Waals surface area contributed by atoms with E-state index in [2.05, 4.69) is 38.0 Å². The summed E-state index contributed by atoms with van der Waals surface area (Å²) in [5.41, 5.74) is 0.608. The molecular weight excluding hydrogens is 380 g/mol. The highest BCUT2D eigenvalue weighted by Crippen LogP contribution is 2.55. The fraction of sp³-hybridized carbons (Fsp3) is 0.571. The Morgan fingerprint density at radius 3 is 2.89 bits per heavy atom. The topological polar surface area (TPSA) is 42.5 Å². The van der Waals surface area contributed by atoms with Crippen molar-refractivity contribution in [3.05, 3.63) is 41.4 Å². The van der Waals surface area contributed by atoms with Crippen LogP contribution in [-0.4, -0.2) is 29.0 Å². The molecule has 2 fully saturated rings. The molecule has 3 unspecified atom stereocenters. The number of hydrogen-bond acceptors (Lipinski definition) is 3. The molecule has 1 aromatic rings. The molecule has 3 atom stereocenters. The fourth-order valence-electron chi connectivity index (χ4n) is 4.11. The van der Waals surface area contributed by atoms with Gasteiger partial charge >= 0.3 is 0 Å². The minimum atomic E-state index is -0.238. The van der Waals surface area contributed by atoms with Crippen LogP contribution in [0.5, 0.6) is 5.75 Å². The van der Waals surface area contributed by atoms with Gasteiger partial charge in [-0.05, 0) is 50.0 Å². The highest BCUT2D eigenvalue weighted by Gasteiger charge is 2.61. The number of benzene rings is 1. The van der Waals surface area contributed by atoms with Crippen molar-refractivity contribution in [3.8, 4) is 5.75 Å². The summed E-state index contributed by atoms with van der Waals surface area (Å²) in [6, 6.07) is 5.77. The number of ether oxygens (including phenoxy) is 2. The van der Waals surface area contributed by atoms with Crippen LogP contribution in [0.4, 0.5) is 0 Å². The monoisotopic (exact) mass is 408 g/mol. The molecule has 0 amide bonds. The largest absolute Gasteiger partial charge is 0.487 e. The minimum absolute atomic E-state index is 0.0247. The first-order chi connectivity index (χ1) is 12.8. The van der Waals surface area contributed by atoms with Crippen LogP contribution in [0.25, 0.3) is 0 Å². The molecule has 0 aliphatic carbocycles. The van der Waals surface area contributed by atoms with Gasteiger partial charge in [-0.1, -0.05) is 37.6 Å².